The van der Waals surface area contributed by atoms with E-state index < -0.39 is 0 Å². The molecule has 1 aromatic rings. The van der Waals surface area contributed by atoms with Crippen LogP contribution in [-0.2, 0) is 4.74 Å². The number of rotatable bonds is 5. The zero-order valence-corrected chi connectivity index (χ0v) is 9.99. The van der Waals surface area contributed by atoms with Crippen LogP contribution in [0.1, 0.15) is 5.56 Å². The van der Waals surface area contributed by atoms with Crippen LogP contribution in [0.2, 0.25) is 5.02 Å². The van der Waals surface area contributed by atoms with Crippen molar-refractivity contribution < 1.29 is 4.74 Å². The molecular formula is C10H13ClN2OS. The molecule has 15 heavy (non-hydrogen) atoms. The maximum atomic E-state index is 7.43. The summed E-state index contributed by atoms with van der Waals surface area (Å²) in [5.74, 6) is 0.871. The second kappa shape index (κ2) is 6.00. The topological polar surface area (TPSA) is 59.1 Å². The first-order chi connectivity index (χ1) is 7.15. The van der Waals surface area contributed by atoms with Gasteiger partial charge in [-0.05, 0) is 18.2 Å². The van der Waals surface area contributed by atoms with Gasteiger partial charge in [0.05, 0.1) is 6.61 Å². The van der Waals surface area contributed by atoms with Gasteiger partial charge in [0.15, 0.2) is 0 Å². The fourth-order valence-electron chi connectivity index (χ4n) is 1.07. The number of nitrogen functional groups attached to an aromatic ring is 1. The lowest BCUT2D eigenvalue weighted by Gasteiger charge is -2.07. The van der Waals surface area contributed by atoms with E-state index in [1.807, 2.05) is 6.07 Å². The Bertz CT molecular complexity index is 357. The maximum absolute atomic E-state index is 7.43. The molecule has 0 unspecified atom stereocenters. The fraction of sp³-hybridized carbons (Fsp3) is 0.300. The second-order valence-corrected chi connectivity index (χ2v) is 4.47. The molecule has 0 atom stereocenters. The van der Waals surface area contributed by atoms with E-state index in [0.717, 1.165) is 10.6 Å². The highest BCUT2D eigenvalue weighted by Crippen LogP contribution is 2.25. The highest BCUT2D eigenvalue weighted by molar-refractivity contribution is 7.99. The molecule has 5 heteroatoms. The van der Waals surface area contributed by atoms with Gasteiger partial charge >= 0.3 is 0 Å². The van der Waals surface area contributed by atoms with Crippen LogP contribution in [0, 0.1) is 5.41 Å². The predicted octanol–water partition coefficient (Wildman–Crippen LogP) is 2.36. The van der Waals surface area contributed by atoms with Gasteiger partial charge in [-0.1, -0.05) is 11.6 Å². The van der Waals surface area contributed by atoms with Gasteiger partial charge in [0, 0.05) is 28.3 Å². The van der Waals surface area contributed by atoms with Crippen molar-refractivity contribution in [2.24, 2.45) is 5.73 Å². The van der Waals surface area contributed by atoms with Gasteiger partial charge in [-0.25, -0.2) is 0 Å². The molecule has 1 rings (SSSR count). The van der Waals surface area contributed by atoms with E-state index >= 15 is 0 Å². The van der Waals surface area contributed by atoms with Crippen LogP contribution in [0.5, 0.6) is 0 Å². The summed E-state index contributed by atoms with van der Waals surface area (Å²) in [6.45, 7) is 0.671. The zero-order chi connectivity index (χ0) is 11.3. The molecule has 0 saturated carbocycles. The van der Waals surface area contributed by atoms with Gasteiger partial charge in [-0.15, -0.1) is 11.8 Å². The number of benzene rings is 1. The largest absolute Gasteiger partial charge is 0.384 e. The Morgan fingerprint density at radius 3 is 2.93 bits per heavy atom. The molecule has 0 aliphatic rings. The van der Waals surface area contributed by atoms with Crippen molar-refractivity contribution >= 4 is 29.2 Å². The first-order valence-electron chi connectivity index (χ1n) is 4.41. The van der Waals surface area contributed by atoms with Crippen LogP contribution < -0.4 is 5.73 Å². The Hall–Kier alpha value is -0.710. The van der Waals surface area contributed by atoms with E-state index in [9.17, 15) is 0 Å². The Morgan fingerprint density at radius 1 is 1.60 bits per heavy atom. The number of nitrogens with two attached hydrogens (primary N) is 1. The van der Waals surface area contributed by atoms with Crippen LogP contribution in [0.15, 0.2) is 23.1 Å². The summed E-state index contributed by atoms with van der Waals surface area (Å²) >= 11 is 7.44. The third-order valence-corrected chi connectivity index (χ3v) is 3.05. The summed E-state index contributed by atoms with van der Waals surface area (Å²) in [4.78, 5) is 0.962. The lowest BCUT2D eigenvalue weighted by atomic mass is 10.2. The summed E-state index contributed by atoms with van der Waals surface area (Å²) in [6.07, 6.45) is 0. The van der Waals surface area contributed by atoms with Crippen LogP contribution in [0.25, 0.3) is 0 Å². The lowest BCUT2D eigenvalue weighted by Crippen LogP contribution is -2.12. The molecule has 0 radical (unpaired) electrons. The number of halogens is 1. The van der Waals surface area contributed by atoms with Gasteiger partial charge in [-0.3, -0.25) is 5.41 Å². The van der Waals surface area contributed by atoms with Crippen molar-refractivity contribution in [1.82, 2.24) is 0 Å². The van der Waals surface area contributed by atoms with Crippen LogP contribution in [-0.4, -0.2) is 25.3 Å². The molecule has 0 saturated heterocycles. The zero-order valence-electron chi connectivity index (χ0n) is 8.42. The second-order valence-electron chi connectivity index (χ2n) is 2.90. The number of methoxy groups -OCH3 is 1. The summed E-state index contributed by atoms with van der Waals surface area (Å²) in [6, 6.07) is 5.38. The molecule has 0 spiro atoms. The first-order valence-corrected chi connectivity index (χ1v) is 5.77. The van der Waals surface area contributed by atoms with Crippen molar-refractivity contribution in [3.05, 3.63) is 28.8 Å². The minimum atomic E-state index is 0.0393. The highest BCUT2D eigenvalue weighted by atomic mass is 35.5. The molecule has 0 amide bonds. The van der Waals surface area contributed by atoms with E-state index in [2.05, 4.69) is 0 Å². The van der Waals surface area contributed by atoms with Crippen molar-refractivity contribution in [1.29, 1.82) is 5.41 Å². The summed E-state index contributed by atoms with van der Waals surface area (Å²) < 4.78 is 4.96. The summed E-state index contributed by atoms with van der Waals surface area (Å²) in [7, 11) is 1.66. The first kappa shape index (κ1) is 12.4. The lowest BCUT2D eigenvalue weighted by molar-refractivity contribution is 0.218. The normalized spacial score (nSPS) is 10.3. The van der Waals surface area contributed by atoms with E-state index in [-0.39, 0.29) is 5.84 Å². The Balaban J connectivity index is 2.81. The monoisotopic (exact) mass is 244 g/mol. The number of ether oxygens (including phenoxy) is 1. The van der Waals surface area contributed by atoms with Gasteiger partial charge in [-0.2, -0.15) is 0 Å². The fourth-order valence-corrected chi connectivity index (χ4v) is 2.20. The average molecular weight is 245 g/mol. The summed E-state index contributed by atoms with van der Waals surface area (Å²) in [5.41, 5.74) is 6.15. The molecule has 3 nitrogen and oxygen atoms in total. The number of thioether (sulfide) groups is 1. The Morgan fingerprint density at radius 2 is 2.33 bits per heavy atom. The van der Waals surface area contributed by atoms with Crippen molar-refractivity contribution in [2.75, 3.05) is 19.5 Å². The Kier molecular flexibility index (Phi) is 4.94. The molecule has 0 bridgehead atoms. The molecule has 0 aliphatic carbocycles. The van der Waals surface area contributed by atoms with Gasteiger partial charge in [0.25, 0.3) is 0 Å². The average Bonchev–Trinajstić information content (AvgIpc) is 2.20. The van der Waals surface area contributed by atoms with E-state index in [1.165, 1.54) is 0 Å². The summed E-state index contributed by atoms with van der Waals surface area (Å²) in [5, 5.41) is 8.02. The third kappa shape index (κ3) is 3.74. The standard InChI is InChI=1S/C10H13ClN2OS/c1-14-4-5-15-9-3-2-7(11)6-8(9)10(12)13/h2-3,6H,4-5H2,1H3,(H3,12,13). The van der Waals surface area contributed by atoms with Gasteiger partial charge in [0.2, 0.25) is 0 Å². The molecule has 0 fully saturated rings. The minimum absolute atomic E-state index is 0.0393. The van der Waals surface area contributed by atoms with E-state index in [1.54, 1.807) is 31.0 Å². The van der Waals surface area contributed by atoms with Crippen molar-refractivity contribution in [3.63, 3.8) is 0 Å². The Labute approximate surface area is 98.5 Å². The molecule has 3 N–H and O–H groups in total. The quantitative estimate of drug-likeness (QED) is 0.362. The SMILES string of the molecule is COCCSc1ccc(Cl)cc1C(=N)N. The number of hydrogen-bond donors (Lipinski definition) is 2. The molecule has 0 heterocycles. The van der Waals surface area contributed by atoms with Crippen LogP contribution >= 0.6 is 23.4 Å². The molecule has 0 aliphatic heterocycles. The molecule has 1 aromatic carbocycles. The smallest absolute Gasteiger partial charge is 0.123 e. The van der Waals surface area contributed by atoms with Gasteiger partial charge in [0.1, 0.15) is 5.84 Å². The predicted molar refractivity (Wildman–Crippen MR) is 65.1 cm³/mol. The molecule has 82 valence electrons. The number of hydrogen-bond acceptors (Lipinski definition) is 3. The van der Waals surface area contributed by atoms with Gasteiger partial charge < -0.3 is 10.5 Å². The molecule has 0 aromatic heterocycles. The van der Waals surface area contributed by atoms with Crippen LogP contribution in [0.3, 0.4) is 0 Å². The van der Waals surface area contributed by atoms with E-state index in [0.29, 0.717) is 17.2 Å². The third-order valence-electron chi connectivity index (χ3n) is 1.78. The maximum Gasteiger partial charge on any atom is 0.123 e. The van der Waals surface area contributed by atoms with Crippen LogP contribution in [0.4, 0.5) is 0 Å². The number of amidine groups is 1. The number of nitrogens with one attached hydrogen (secondary N) is 1. The van der Waals surface area contributed by atoms with Crippen molar-refractivity contribution in [3.8, 4) is 0 Å². The highest BCUT2D eigenvalue weighted by Gasteiger charge is 2.06. The van der Waals surface area contributed by atoms with E-state index in [4.69, 9.17) is 27.5 Å². The van der Waals surface area contributed by atoms with Crippen molar-refractivity contribution in [2.45, 2.75) is 4.90 Å². The minimum Gasteiger partial charge on any atom is -0.384 e. The molecular weight excluding hydrogens is 232 g/mol.